The fraction of sp³-hybridized carbons (Fsp3) is 0.217. The summed E-state index contributed by atoms with van der Waals surface area (Å²) in [5.74, 6) is -0.474. The van der Waals surface area contributed by atoms with Crippen LogP contribution in [0.2, 0.25) is 5.02 Å². The maximum Gasteiger partial charge on any atom is 0.240 e. The number of alkyl halides is 1. The lowest BCUT2D eigenvalue weighted by molar-refractivity contribution is -0.0115. The number of aliphatic hydroxyl groups is 1. The topological polar surface area (TPSA) is 85.7 Å². The fourth-order valence-electron chi connectivity index (χ4n) is 3.40. The standard InChI is InChI=1S/C23H21ClF2N4O2/c1-23(26,21(31)14-5-7-16(24)8-6-14)10-12-32-18-4-2-3-17(20(18)25)15-9-11-30-19(13-15)28-22(27)29-30/h2-9,11,13,21,31H,10,12H2,1H3,(H2,27,29). The number of ether oxygens (including phenoxy) is 1. The second kappa shape index (κ2) is 8.72. The van der Waals surface area contributed by atoms with Gasteiger partial charge < -0.3 is 15.6 Å². The van der Waals surface area contributed by atoms with Gasteiger partial charge in [0.05, 0.1) is 6.61 Å². The summed E-state index contributed by atoms with van der Waals surface area (Å²) >= 11 is 5.84. The van der Waals surface area contributed by atoms with Gasteiger partial charge in [0.1, 0.15) is 11.8 Å². The van der Waals surface area contributed by atoms with Crippen molar-refractivity contribution in [1.29, 1.82) is 0 Å². The van der Waals surface area contributed by atoms with Gasteiger partial charge in [0.25, 0.3) is 0 Å². The van der Waals surface area contributed by atoms with Gasteiger partial charge in [0.15, 0.2) is 17.2 Å². The Labute approximate surface area is 188 Å². The van der Waals surface area contributed by atoms with Gasteiger partial charge in [-0.15, -0.1) is 5.10 Å². The van der Waals surface area contributed by atoms with Crippen LogP contribution >= 0.6 is 11.6 Å². The Morgan fingerprint density at radius 3 is 2.72 bits per heavy atom. The minimum absolute atomic E-state index is 0.0138. The van der Waals surface area contributed by atoms with Crippen LogP contribution in [0.4, 0.5) is 14.7 Å². The molecule has 2 atom stereocenters. The molecule has 0 bridgehead atoms. The van der Waals surface area contributed by atoms with Crippen LogP contribution in [0.5, 0.6) is 5.75 Å². The van der Waals surface area contributed by atoms with E-state index in [1.54, 1.807) is 54.7 Å². The Kier molecular flexibility index (Phi) is 5.99. The maximum absolute atomic E-state index is 15.1. The first-order valence-electron chi connectivity index (χ1n) is 9.90. The van der Waals surface area contributed by atoms with Crippen molar-refractivity contribution in [3.8, 4) is 16.9 Å². The molecule has 4 aromatic rings. The zero-order valence-electron chi connectivity index (χ0n) is 17.2. The number of anilines is 1. The minimum atomic E-state index is -1.99. The number of hydrogen-bond donors (Lipinski definition) is 2. The van der Waals surface area contributed by atoms with Crippen molar-refractivity contribution in [3.63, 3.8) is 0 Å². The number of fused-ring (bicyclic) bond motifs is 1. The summed E-state index contributed by atoms with van der Waals surface area (Å²) < 4.78 is 37.2. The highest BCUT2D eigenvalue weighted by molar-refractivity contribution is 6.30. The number of benzene rings is 2. The van der Waals surface area contributed by atoms with Crippen LogP contribution < -0.4 is 10.5 Å². The lowest BCUT2D eigenvalue weighted by atomic mass is 9.92. The molecule has 0 aliphatic heterocycles. The van der Waals surface area contributed by atoms with Crippen LogP contribution in [0.15, 0.2) is 60.8 Å². The number of nitrogen functional groups attached to an aromatic ring is 1. The van der Waals surface area contributed by atoms with Crippen molar-refractivity contribution in [3.05, 3.63) is 77.2 Å². The van der Waals surface area contributed by atoms with E-state index in [9.17, 15) is 5.11 Å². The molecular weight excluding hydrogens is 438 g/mol. The molecule has 0 saturated carbocycles. The van der Waals surface area contributed by atoms with Gasteiger partial charge in [-0.1, -0.05) is 35.9 Å². The molecule has 0 amide bonds. The third-order valence-corrected chi connectivity index (χ3v) is 5.48. The van der Waals surface area contributed by atoms with Crippen LogP contribution in [0.3, 0.4) is 0 Å². The number of halogens is 3. The molecule has 166 valence electrons. The number of pyridine rings is 1. The predicted octanol–water partition coefficient (Wildman–Crippen LogP) is 5.00. The summed E-state index contributed by atoms with van der Waals surface area (Å²) in [5, 5.41) is 14.9. The molecule has 2 unspecified atom stereocenters. The van der Waals surface area contributed by atoms with E-state index in [-0.39, 0.29) is 24.7 Å². The van der Waals surface area contributed by atoms with Crippen molar-refractivity contribution in [1.82, 2.24) is 14.6 Å². The molecule has 9 heteroatoms. The van der Waals surface area contributed by atoms with Gasteiger partial charge >= 0.3 is 0 Å². The smallest absolute Gasteiger partial charge is 0.240 e. The number of nitrogens with zero attached hydrogens (tertiary/aromatic N) is 3. The molecule has 0 aliphatic rings. The number of aromatic nitrogens is 3. The second-order valence-corrected chi connectivity index (χ2v) is 8.07. The number of rotatable bonds is 7. The highest BCUT2D eigenvalue weighted by Crippen LogP contribution is 2.34. The summed E-state index contributed by atoms with van der Waals surface area (Å²) in [6, 6.07) is 14.4. The molecule has 3 N–H and O–H groups in total. The highest BCUT2D eigenvalue weighted by Gasteiger charge is 2.34. The fourth-order valence-corrected chi connectivity index (χ4v) is 3.53. The Hall–Kier alpha value is -3.23. The molecule has 6 nitrogen and oxygen atoms in total. The average molecular weight is 459 g/mol. The van der Waals surface area contributed by atoms with Crippen molar-refractivity contribution < 1.29 is 18.6 Å². The van der Waals surface area contributed by atoms with Crippen LogP contribution in [-0.2, 0) is 0 Å². The quantitative estimate of drug-likeness (QED) is 0.407. The van der Waals surface area contributed by atoms with Gasteiger partial charge in [-0.25, -0.2) is 13.3 Å². The van der Waals surface area contributed by atoms with E-state index in [0.717, 1.165) is 0 Å². The Morgan fingerprint density at radius 1 is 1.22 bits per heavy atom. The van der Waals surface area contributed by atoms with Gasteiger partial charge in [-0.05, 0) is 48.4 Å². The molecule has 2 aromatic heterocycles. The molecular formula is C23H21ClF2N4O2. The largest absolute Gasteiger partial charge is 0.490 e. The molecule has 0 fully saturated rings. The van der Waals surface area contributed by atoms with Crippen molar-refractivity contribution in [2.24, 2.45) is 0 Å². The van der Waals surface area contributed by atoms with Gasteiger partial charge in [-0.2, -0.15) is 4.98 Å². The normalized spacial score (nSPS) is 14.3. The first-order valence-corrected chi connectivity index (χ1v) is 10.3. The summed E-state index contributed by atoms with van der Waals surface area (Å²) in [4.78, 5) is 4.08. The van der Waals surface area contributed by atoms with E-state index in [4.69, 9.17) is 22.1 Å². The molecule has 4 rings (SSSR count). The van der Waals surface area contributed by atoms with Crippen molar-refractivity contribution in [2.75, 3.05) is 12.3 Å². The molecule has 2 aromatic carbocycles. The Bertz CT molecular complexity index is 1240. The van der Waals surface area contributed by atoms with Crippen LogP contribution in [0.25, 0.3) is 16.8 Å². The Balaban J connectivity index is 1.47. The first kappa shape index (κ1) is 22.0. The van der Waals surface area contributed by atoms with Crippen LogP contribution in [-0.4, -0.2) is 32.0 Å². The summed E-state index contributed by atoms with van der Waals surface area (Å²) in [6.45, 7) is 1.15. The minimum Gasteiger partial charge on any atom is -0.490 e. The lowest BCUT2D eigenvalue weighted by Gasteiger charge is -2.27. The lowest BCUT2D eigenvalue weighted by Crippen LogP contribution is -2.30. The molecule has 0 aliphatic carbocycles. The molecule has 32 heavy (non-hydrogen) atoms. The SMILES string of the molecule is CC(F)(CCOc1cccc(-c2ccn3nc(N)nc3c2)c1F)C(O)c1ccc(Cl)cc1. The monoisotopic (exact) mass is 458 g/mol. The summed E-state index contributed by atoms with van der Waals surface area (Å²) in [5.41, 5.74) is 5.37. The van der Waals surface area contributed by atoms with Crippen molar-refractivity contribution >= 4 is 23.2 Å². The van der Waals surface area contributed by atoms with Gasteiger partial charge in [-0.3, -0.25) is 0 Å². The third-order valence-electron chi connectivity index (χ3n) is 5.23. The summed E-state index contributed by atoms with van der Waals surface area (Å²) in [6.07, 6.45) is 0.112. The van der Waals surface area contributed by atoms with Gasteiger partial charge in [0, 0.05) is 23.2 Å². The van der Waals surface area contributed by atoms with E-state index in [0.29, 0.717) is 27.4 Å². The first-order chi connectivity index (χ1) is 15.2. The molecule has 0 saturated heterocycles. The van der Waals surface area contributed by atoms with E-state index in [1.165, 1.54) is 17.5 Å². The zero-order valence-corrected chi connectivity index (χ0v) is 17.9. The molecule has 0 radical (unpaired) electrons. The molecule has 0 spiro atoms. The predicted molar refractivity (Wildman–Crippen MR) is 119 cm³/mol. The van der Waals surface area contributed by atoms with E-state index in [2.05, 4.69) is 10.1 Å². The van der Waals surface area contributed by atoms with Crippen LogP contribution in [0.1, 0.15) is 25.0 Å². The van der Waals surface area contributed by atoms with Crippen molar-refractivity contribution in [2.45, 2.75) is 25.1 Å². The Morgan fingerprint density at radius 2 is 1.97 bits per heavy atom. The zero-order chi connectivity index (χ0) is 22.9. The van der Waals surface area contributed by atoms with E-state index < -0.39 is 17.6 Å². The van der Waals surface area contributed by atoms with Gasteiger partial charge in [0.2, 0.25) is 5.95 Å². The summed E-state index contributed by atoms with van der Waals surface area (Å²) in [7, 11) is 0. The highest BCUT2D eigenvalue weighted by atomic mass is 35.5. The second-order valence-electron chi connectivity index (χ2n) is 7.64. The van der Waals surface area contributed by atoms with E-state index >= 15 is 8.78 Å². The third kappa shape index (κ3) is 4.51. The number of aliphatic hydroxyl groups excluding tert-OH is 1. The number of nitrogens with two attached hydrogens (primary N) is 1. The average Bonchev–Trinajstić information content (AvgIpc) is 3.14. The molecule has 2 heterocycles. The van der Waals surface area contributed by atoms with E-state index in [1.807, 2.05) is 0 Å². The maximum atomic E-state index is 15.1. The van der Waals surface area contributed by atoms with Crippen LogP contribution in [0, 0.1) is 5.82 Å². The number of hydrogen-bond acceptors (Lipinski definition) is 5.